The molecule has 0 fully saturated rings. The molecule has 0 atom stereocenters. The Kier molecular flexibility index (Phi) is 4.64. The van der Waals surface area contributed by atoms with Crippen molar-refractivity contribution < 1.29 is 14.5 Å². The number of amides is 2. The lowest BCUT2D eigenvalue weighted by Crippen LogP contribution is -2.41. The number of carbonyl (C=O) groups is 2. The van der Waals surface area contributed by atoms with Crippen LogP contribution in [0.1, 0.15) is 20.7 Å². The molecule has 1 aromatic heterocycles. The molecule has 0 radical (unpaired) electrons. The predicted molar refractivity (Wildman–Crippen MR) is 77.3 cm³/mol. The second kappa shape index (κ2) is 6.64. The number of hydrogen-bond donors (Lipinski definition) is 2. The van der Waals surface area contributed by atoms with Gasteiger partial charge in [-0.15, -0.1) is 0 Å². The number of carbonyl (C=O) groups excluding carboxylic acids is 2. The minimum Gasteiger partial charge on any atom is -0.267 e. The van der Waals surface area contributed by atoms with Crippen molar-refractivity contribution in [3.8, 4) is 0 Å². The van der Waals surface area contributed by atoms with E-state index in [4.69, 9.17) is 11.6 Å². The third-order valence-electron chi connectivity index (χ3n) is 2.62. The maximum atomic E-state index is 11.8. The lowest BCUT2D eigenvalue weighted by Gasteiger charge is -2.07. The van der Waals surface area contributed by atoms with Gasteiger partial charge in [0.2, 0.25) is 0 Å². The van der Waals surface area contributed by atoms with E-state index in [1.54, 1.807) is 0 Å². The molecule has 0 bridgehead atoms. The molecule has 0 aliphatic carbocycles. The third-order valence-corrected chi connectivity index (χ3v) is 2.83. The Labute approximate surface area is 129 Å². The van der Waals surface area contributed by atoms with Crippen LogP contribution in [0.2, 0.25) is 5.15 Å². The number of nitro benzene ring substituents is 1. The molecule has 1 aromatic carbocycles. The van der Waals surface area contributed by atoms with Crippen LogP contribution in [0.3, 0.4) is 0 Å². The zero-order valence-electron chi connectivity index (χ0n) is 10.9. The number of hydrogen-bond acceptors (Lipinski definition) is 5. The van der Waals surface area contributed by atoms with Gasteiger partial charge in [0.05, 0.1) is 4.92 Å². The van der Waals surface area contributed by atoms with Crippen LogP contribution in [0.25, 0.3) is 0 Å². The quantitative estimate of drug-likeness (QED) is 0.507. The fourth-order valence-corrected chi connectivity index (χ4v) is 1.71. The van der Waals surface area contributed by atoms with E-state index in [1.807, 2.05) is 0 Å². The minimum absolute atomic E-state index is 0.132. The molecule has 2 N–H and O–H groups in total. The Bertz CT molecular complexity index is 733. The first-order valence-corrected chi connectivity index (χ1v) is 6.32. The summed E-state index contributed by atoms with van der Waals surface area (Å²) in [5.41, 5.74) is 4.66. The fourth-order valence-electron chi connectivity index (χ4n) is 1.54. The van der Waals surface area contributed by atoms with Crippen LogP contribution in [-0.4, -0.2) is 21.7 Å². The lowest BCUT2D eigenvalue weighted by molar-refractivity contribution is -0.384. The maximum Gasteiger partial charge on any atom is 0.269 e. The SMILES string of the molecule is O=C(NNC(=O)c1ccnc(Cl)c1)c1ccc([N+](=O)[O-])cc1. The number of aromatic nitrogens is 1. The van der Waals surface area contributed by atoms with Crippen molar-refractivity contribution >= 4 is 29.1 Å². The van der Waals surface area contributed by atoms with Crippen LogP contribution in [-0.2, 0) is 0 Å². The molecular weight excluding hydrogens is 312 g/mol. The summed E-state index contributed by atoms with van der Waals surface area (Å²) in [5, 5.41) is 10.7. The fraction of sp³-hybridized carbons (Fsp3) is 0. The standard InChI is InChI=1S/C13H9ClN4O4/c14-11-7-9(5-6-15-11)13(20)17-16-12(19)8-1-3-10(4-2-8)18(21)22/h1-7H,(H,16,19)(H,17,20). The number of pyridine rings is 1. The van der Waals surface area contributed by atoms with Crippen LogP contribution in [0.15, 0.2) is 42.6 Å². The van der Waals surface area contributed by atoms with Gasteiger partial charge in [0.15, 0.2) is 0 Å². The summed E-state index contributed by atoms with van der Waals surface area (Å²) >= 11 is 5.65. The summed E-state index contributed by atoms with van der Waals surface area (Å²) in [7, 11) is 0. The largest absolute Gasteiger partial charge is 0.269 e. The normalized spacial score (nSPS) is 9.86. The van der Waals surface area contributed by atoms with Gasteiger partial charge in [-0.1, -0.05) is 11.6 Å². The number of benzene rings is 1. The van der Waals surface area contributed by atoms with Gasteiger partial charge in [0.25, 0.3) is 17.5 Å². The maximum absolute atomic E-state index is 11.8. The van der Waals surface area contributed by atoms with Gasteiger partial charge < -0.3 is 0 Å². The van der Waals surface area contributed by atoms with Gasteiger partial charge in [0, 0.05) is 29.5 Å². The minimum atomic E-state index is -0.608. The zero-order valence-corrected chi connectivity index (χ0v) is 11.7. The first kappa shape index (κ1) is 15.4. The molecule has 1 heterocycles. The molecule has 0 aliphatic heterocycles. The molecule has 112 valence electrons. The van der Waals surface area contributed by atoms with Crippen LogP contribution in [0.4, 0.5) is 5.69 Å². The van der Waals surface area contributed by atoms with Crippen molar-refractivity contribution in [2.24, 2.45) is 0 Å². The number of non-ortho nitro benzene ring substituents is 1. The summed E-state index contributed by atoms with van der Waals surface area (Å²) in [5.74, 6) is -1.18. The van der Waals surface area contributed by atoms with E-state index in [-0.39, 0.29) is 22.0 Å². The topological polar surface area (TPSA) is 114 Å². The van der Waals surface area contributed by atoms with E-state index in [0.29, 0.717) is 0 Å². The lowest BCUT2D eigenvalue weighted by atomic mass is 10.2. The van der Waals surface area contributed by atoms with E-state index in [9.17, 15) is 19.7 Å². The number of rotatable bonds is 3. The Balaban J connectivity index is 1.97. The van der Waals surface area contributed by atoms with E-state index in [0.717, 1.165) is 0 Å². The molecule has 9 heteroatoms. The zero-order chi connectivity index (χ0) is 16.1. The number of nitrogens with zero attached hydrogens (tertiary/aromatic N) is 2. The highest BCUT2D eigenvalue weighted by Gasteiger charge is 2.11. The van der Waals surface area contributed by atoms with Crippen molar-refractivity contribution in [3.05, 3.63) is 69.0 Å². The summed E-state index contributed by atoms with van der Waals surface area (Å²) < 4.78 is 0. The average Bonchev–Trinajstić information content (AvgIpc) is 2.52. The molecule has 0 saturated heterocycles. The molecular formula is C13H9ClN4O4. The molecule has 0 spiro atoms. The van der Waals surface area contributed by atoms with Gasteiger partial charge in [0.1, 0.15) is 5.15 Å². The van der Waals surface area contributed by atoms with Gasteiger partial charge in [-0.3, -0.25) is 30.6 Å². The van der Waals surface area contributed by atoms with Crippen molar-refractivity contribution in [2.45, 2.75) is 0 Å². The summed E-state index contributed by atoms with van der Waals surface area (Å²) in [6.45, 7) is 0. The smallest absolute Gasteiger partial charge is 0.267 e. The average molecular weight is 321 g/mol. The Morgan fingerprint density at radius 3 is 2.18 bits per heavy atom. The Morgan fingerprint density at radius 2 is 1.64 bits per heavy atom. The van der Waals surface area contributed by atoms with Crippen molar-refractivity contribution in [2.75, 3.05) is 0 Å². The summed E-state index contributed by atoms with van der Waals surface area (Å²) in [4.78, 5) is 37.2. The van der Waals surface area contributed by atoms with Crippen LogP contribution in [0, 0.1) is 10.1 Å². The Morgan fingerprint density at radius 1 is 1.05 bits per heavy atom. The third kappa shape index (κ3) is 3.76. The molecule has 8 nitrogen and oxygen atoms in total. The molecule has 22 heavy (non-hydrogen) atoms. The van der Waals surface area contributed by atoms with E-state index < -0.39 is 16.7 Å². The first-order chi connectivity index (χ1) is 10.5. The Hall–Kier alpha value is -3.00. The van der Waals surface area contributed by atoms with Crippen LogP contribution < -0.4 is 10.9 Å². The first-order valence-electron chi connectivity index (χ1n) is 5.94. The number of nitrogens with one attached hydrogen (secondary N) is 2. The molecule has 2 rings (SSSR count). The molecule has 2 aromatic rings. The predicted octanol–water partition coefficient (Wildman–Crippen LogP) is 1.72. The highest BCUT2D eigenvalue weighted by molar-refractivity contribution is 6.29. The number of hydrazine groups is 1. The van der Waals surface area contributed by atoms with E-state index >= 15 is 0 Å². The summed E-state index contributed by atoms with van der Waals surface area (Å²) in [6, 6.07) is 7.72. The van der Waals surface area contributed by atoms with E-state index in [2.05, 4.69) is 15.8 Å². The number of nitro groups is 1. The van der Waals surface area contributed by atoms with Crippen molar-refractivity contribution in [1.82, 2.24) is 15.8 Å². The highest BCUT2D eigenvalue weighted by Crippen LogP contribution is 2.11. The summed E-state index contributed by atoms with van der Waals surface area (Å²) in [6.07, 6.45) is 1.36. The molecule has 0 unspecified atom stereocenters. The van der Waals surface area contributed by atoms with Gasteiger partial charge >= 0.3 is 0 Å². The van der Waals surface area contributed by atoms with Crippen LogP contribution >= 0.6 is 11.6 Å². The second-order valence-corrected chi connectivity index (χ2v) is 4.47. The molecule has 2 amide bonds. The van der Waals surface area contributed by atoms with Crippen molar-refractivity contribution in [3.63, 3.8) is 0 Å². The van der Waals surface area contributed by atoms with Crippen molar-refractivity contribution in [1.29, 1.82) is 0 Å². The van der Waals surface area contributed by atoms with Gasteiger partial charge in [-0.25, -0.2) is 4.98 Å². The van der Waals surface area contributed by atoms with Gasteiger partial charge in [-0.05, 0) is 24.3 Å². The van der Waals surface area contributed by atoms with E-state index in [1.165, 1.54) is 42.6 Å². The monoisotopic (exact) mass is 320 g/mol. The van der Waals surface area contributed by atoms with Gasteiger partial charge in [-0.2, -0.15) is 0 Å². The molecule has 0 saturated carbocycles. The molecule has 0 aliphatic rings. The number of halogens is 1. The highest BCUT2D eigenvalue weighted by atomic mass is 35.5. The second-order valence-electron chi connectivity index (χ2n) is 4.08. The van der Waals surface area contributed by atoms with Crippen LogP contribution in [0.5, 0.6) is 0 Å².